The number of aryl methyl sites for hydroxylation is 3. The van der Waals surface area contributed by atoms with Crippen LogP contribution in [0.3, 0.4) is 0 Å². The monoisotopic (exact) mass is 425 g/mol. The molecule has 0 bridgehead atoms. The summed E-state index contributed by atoms with van der Waals surface area (Å²) >= 11 is 1.23. The number of para-hydroxylation sites is 1. The number of benzene rings is 2. The lowest BCUT2D eigenvalue weighted by atomic mass is 10.1. The summed E-state index contributed by atoms with van der Waals surface area (Å²) in [5, 5.41) is 11.5. The second kappa shape index (κ2) is 10.2. The van der Waals surface area contributed by atoms with Gasteiger partial charge in [0.2, 0.25) is 11.1 Å². The van der Waals surface area contributed by atoms with Gasteiger partial charge in [0, 0.05) is 5.69 Å². The zero-order valence-corrected chi connectivity index (χ0v) is 18.3. The zero-order valence-electron chi connectivity index (χ0n) is 17.5. The number of carbonyl (C=O) groups is 1. The van der Waals surface area contributed by atoms with E-state index >= 15 is 0 Å². The highest BCUT2D eigenvalue weighted by atomic mass is 32.2. The molecule has 1 heterocycles. The molecule has 0 aliphatic carbocycles. The molecule has 3 rings (SSSR count). The highest BCUT2D eigenvalue weighted by molar-refractivity contribution is 7.99. The van der Waals surface area contributed by atoms with E-state index in [1.807, 2.05) is 56.3 Å². The molecule has 0 spiro atoms. The summed E-state index contributed by atoms with van der Waals surface area (Å²) in [5.74, 6) is 7.46. The minimum atomic E-state index is -0.125. The fraction of sp³-hybridized carbons (Fsp3) is 0.318. The summed E-state index contributed by atoms with van der Waals surface area (Å²) in [4.78, 5) is 12.2. The minimum absolute atomic E-state index is 0.125. The highest BCUT2D eigenvalue weighted by Gasteiger charge is 2.14. The standard InChI is InChI=1S/C22H27N5O2S/c1-4-6-17-9-11-18(12-10-17)24-20(28)14-30-22-26-25-19(27(22)23)13-29-21-15(2)7-5-8-16(21)3/h5,7-12H,4,6,13-14,23H2,1-3H3,(H,24,28). The van der Waals surface area contributed by atoms with Crippen molar-refractivity contribution in [3.63, 3.8) is 0 Å². The number of rotatable bonds is 9. The second-order valence-electron chi connectivity index (χ2n) is 7.06. The third-order valence-electron chi connectivity index (χ3n) is 4.60. The van der Waals surface area contributed by atoms with Gasteiger partial charge in [0.1, 0.15) is 12.4 Å². The first-order valence-electron chi connectivity index (χ1n) is 9.88. The van der Waals surface area contributed by atoms with Crippen LogP contribution in [-0.2, 0) is 17.8 Å². The molecule has 8 heteroatoms. The number of thioether (sulfide) groups is 1. The van der Waals surface area contributed by atoms with Crippen molar-refractivity contribution >= 4 is 23.4 Å². The van der Waals surface area contributed by atoms with Crippen LogP contribution in [0.5, 0.6) is 5.75 Å². The molecule has 3 N–H and O–H groups in total. The number of hydrogen-bond donors (Lipinski definition) is 2. The van der Waals surface area contributed by atoms with Gasteiger partial charge < -0.3 is 15.9 Å². The molecule has 0 aliphatic rings. The van der Waals surface area contributed by atoms with Crippen molar-refractivity contribution in [1.82, 2.24) is 14.9 Å². The Balaban J connectivity index is 1.52. The van der Waals surface area contributed by atoms with Crippen LogP contribution in [0.25, 0.3) is 0 Å². The van der Waals surface area contributed by atoms with Crippen LogP contribution < -0.4 is 15.9 Å². The zero-order chi connectivity index (χ0) is 21.5. The topological polar surface area (TPSA) is 95.1 Å². The van der Waals surface area contributed by atoms with Crippen molar-refractivity contribution in [2.24, 2.45) is 0 Å². The molecule has 158 valence electrons. The lowest BCUT2D eigenvalue weighted by Crippen LogP contribution is -2.18. The van der Waals surface area contributed by atoms with Crippen molar-refractivity contribution in [2.45, 2.75) is 45.4 Å². The summed E-state index contributed by atoms with van der Waals surface area (Å²) in [7, 11) is 0. The summed E-state index contributed by atoms with van der Waals surface area (Å²) in [6.07, 6.45) is 2.13. The molecule has 2 aromatic carbocycles. The molecule has 0 unspecified atom stereocenters. The van der Waals surface area contributed by atoms with Gasteiger partial charge in [-0.25, -0.2) is 4.68 Å². The van der Waals surface area contributed by atoms with Gasteiger partial charge in [-0.3, -0.25) is 4.79 Å². The molecule has 0 aliphatic heterocycles. The second-order valence-corrected chi connectivity index (χ2v) is 8.00. The van der Waals surface area contributed by atoms with Crippen LogP contribution in [0.1, 0.15) is 35.9 Å². The van der Waals surface area contributed by atoms with Crippen LogP contribution in [0.4, 0.5) is 5.69 Å². The first kappa shape index (κ1) is 21.7. The maximum absolute atomic E-state index is 12.2. The lowest BCUT2D eigenvalue weighted by Gasteiger charge is -2.11. The van der Waals surface area contributed by atoms with E-state index < -0.39 is 0 Å². The van der Waals surface area contributed by atoms with Gasteiger partial charge in [0.15, 0.2) is 5.82 Å². The van der Waals surface area contributed by atoms with E-state index in [2.05, 4.69) is 22.4 Å². The summed E-state index contributed by atoms with van der Waals surface area (Å²) in [5.41, 5.74) is 4.13. The number of anilines is 1. The predicted octanol–water partition coefficient (Wildman–Crippen LogP) is 3.87. The molecule has 0 saturated carbocycles. The Morgan fingerprint density at radius 2 is 1.83 bits per heavy atom. The highest BCUT2D eigenvalue weighted by Crippen LogP contribution is 2.23. The number of nitrogens with one attached hydrogen (secondary N) is 1. The normalized spacial score (nSPS) is 10.8. The third kappa shape index (κ3) is 5.54. The van der Waals surface area contributed by atoms with Crippen LogP contribution in [0, 0.1) is 13.8 Å². The molecule has 0 radical (unpaired) electrons. The first-order chi connectivity index (χ1) is 14.5. The molecule has 1 aromatic heterocycles. The number of nitrogen functional groups attached to an aromatic ring is 1. The number of amides is 1. The Morgan fingerprint density at radius 3 is 2.50 bits per heavy atom. The molecular formula is C22H27N5O2S. The van der Waals surface area contributed by atoms with Crippen LogP contribution in [0.2, 0.25) is 0 Å². The molecular weight excluding hydrogens is 398 g/mol. The fourth-order valence-electron chi connectivity index (χ4n) is 3.04. The molecule has 30 heavy (non-hydrogen) atoms. The van der Waals surface area contributed by atoms with Crippen LogP contribution in [-0.4, -0.2) is 26.5 Å². The van der Waals surface area contributed by atoms with Crippen LogP contribution in [0.15, 0.2) is 47.6 Å². The molecule has 0 saturated heterocycles. The summed E-state index contributed by atoms with van der Waals surface area (Å²) in [6, 6.07) is 13.9. The van der Waals surface area contributed by atoms with Gasteiger partial charge in [-0.15, -0.1) is 10.2 Å². The average Bonchev–Trinajstić information content (AvgIpc) is 3.07. The Labute approximate surface area is 181 Å². The number of ether oxygens (including phenoxy) is 1. The molecule has 7 nitrogen and oxygen atoms in total. The largest absolute Gasteiger partial charge is 0.485 e. The number of hydrogen-bond acceptors (Lipinski definition) is 6. The molecule has 0 atom stereocenters. The fourth-order valence-corrected chi connectivity index (χ4v) is 3.71. The molecule has 1 amide bonds. The van der Waals surface area contributed by atoms with Gasteiger partial charge in [-0.1, -0.05) is 55.4 Å². The van der Waals surface area contributed by atoms with Gasteiger partial charge >= 0.3 is 0 Å². The van der Waals surface area contributed by atoms with E-state index in [1.165, 1.54) is 22.0 Å². The summed E-state index contributed by atoms with van der Waals surface area (Å²) in [6.45, 7) is 6.33. The third-order valence-corrected chi connectivity index (χ3v) is 5.54. The number of aromatic nitrogens is 3. The summed E-state index contributed by atoms with van der Waals surface area (Å²) < 4.78 is 7.25. The van der Waals surface area contributed by atoms with E-state index in [9.17, 15) is 4.79 Å². The van der Waals surface area contributed by atoms with Crippen LogP contribution >= 0.6 is 11.8 Å². The van der Waals surface area contributed by atoms with E-state index in [-0.39, 0.29) is 18.3 Å². The van der Waals surface area contributed by atoms with E-state index in [1.54, 1.807) is 0 Å². The van der Waals surface area contributed by atoms with Gasteiger partial charge in [0.05, 0.1) is 5.75 Å². The molecule has 0 fully saturated rings. The van der Waals surface area contributed by atoms with Crippen molar-refractivity contribution in [3.8, 4) is 5.75 Å². The number of carbonyl (C=O) groups excluding carboxylic acids is 1. The van der Waals surface area contributed by atoms with E-state index in [0.717, 1.165) is 35.4 Å². The maximum Gasteiger partial charge on any atom is 0.234 e. The predicted molar refractivity (Wildman–Crippen MR) is 120 cm³/mol. The van der Waals surface area contributed by atoms with Crippen molar-refractivity contribution in [2.75, 3.05) is 16.9 Å². The SMILES string of the molecule is CCCc1ccc(NC(=O)CSc2nnc(COc3c(C)cccc3C)n2N)cc1. The lowest BCUT2D eigenvalue weighted by molar-refractivity contribution is -0.113. The van der Waals surface area contributed by atoms with Gasteiger partial charge in [0.25, 0.3) is 0 Å². The number of nitrogens with zero attached hydrogens (tertiary/aromatic N) is 3. The van der Waals surface area contributed by atoms with E-state index in [4.69, 9.17) is 10.6 Å². The average molecular weight is 426 g/mol. The number of nitrogens with two attached hydrogens (primary N) is 1. The van der Waals surface area contributed by atoms with Crippen molar-refractivity contribution in [3.05, 3.63) is 65.0 Å². The Kier molecular flexibility index (Phi) is 7.35. The van der Waals surface area contributed by atoms with Gasteiger partial charge in [-0.2, -0.15) is 0 Å². The van der Waals surface area contributed by atoms with Crippen molar-refractivity contribution in [1.29, 1.82) is 0 Å². The maximum atomic E-state index is 12.2. The van der Waals surface area contributed by atoms with Crippen molar-refractivity contribution < 1.29 is 9.53 Å². The Bertz CT molecular complexity index is 981. The Morgan fingerprint density at radius 1 is 1.13 bits per heavy atom. The quantitative estimate of drug-likeness (QED) is 0.399. The first-order valence-corrected chi connectivity index (χ1v) is 10.9. The Hall–Kier alpha value is -3.00. The minimum Gasteiger partial charge on any atom is -0.485 e. The smallest absolute Gasteiger partial charge is 0.234 e. The van der Waals surface area contributed by atoms with E-state index in [0.29, 0.717) is 11.0 Å². The van der Waals surface area contributed by atoms with Gasteiger partial charge in [-0.05, 0) is 49.1 Å². The molecule has 3 aromatic rings.